The van der Waals surface area contributed by atoms with Crippen LogP contribution in [0.4, 0.5) is 11.4 Å². The Morgan fingerprint density at radius 2 is 1.88 bits per heavy atom. The van der Waals surface area contributed by atoms with Crippen molar-refractivity contribution >= 4 is 33.3 Å². The van der Waals surface area contributed by atoms with E-state index in [0.29, 0.717) is 23.5 Å². The van der Waals surface area contributed by atoms with Crippen LogP contribution in [0.3, 0.4) is 0 Å². The number of aliphatic hydroxyl groups excluding tert-OH is 1. The van der Waals surface area contributed by atoms with Gasteiger partial charge in [-0.3, -0.25) is 9.52 Å². The van der Waals surface area contributed by atoms with E-state index in [2.05, 4.69) is 34.3 Å². The number of benzene rings is 2. The molecular formula is C28H40N4O7S. The maximum Gasteiger partial charge on any atom is 0.332 e. The molecule has 0 saturated carbocycles. The van der Waals surface area contributed by atoms with E-state index in [1.165, 1.54) is 12.1 Å². The van der Waals surface area contributed by atoms with Crippen molar-refractivity contribution in [1.29, 1.82) is 0 Å². The van der Waals surface area contributed by atoms with Crippen LogP contribution in [-0.4, -0.2) is 62.4 Å². The van der Waals surface area contributed by atoms with E-state index in [0.717, 1.165) is 44.3 Å². The Morgan fingerprint density at radius 3 is 2.55 bits per heavy atom. The van der Waals surface area contributed by atoms with Gasteiger partial charge >= 0.3 is 5.97 Å². The minimum Gasteiger partial charge on any atom is -0.506 e. The molecule has 1 heterocycles. The first-order valence-electron chi connectivity index (χ1n) is 13.5. The van der Waals surface area contributed by atoms with Crippen LogP contribution in [0, 0.1) is 5.92 Å². The van der Waals surface area contributed by atoms with Gasteiger partial charge in [-0.05, 0) is 61.1 Å². The number of nitrogens with zero attached hydrogens (tertiary/aromatic N) is 1. The number of nitrogens with one attached hydrogen (secondary N) is 3. The number of sulfonamides is 1. The molecule has 1 fully saturated rings. The third-order valence-electron chi connectivity index (χ3n) is 7.06. The molecule has 0 spiro atoms. The molecule has 0 radical (unpaired) electrons. The minimum absolute atomic E-state index is 0.0167. The highest BCUT2D eigenvalue weighted by molar-refractivity contribution is 7.92. The average molecular weight is 577 g/mol. The van der Waals surface area contributed by atoms with Crippen LogP contribution in [0.25, 0.3) is 0 Å². The Hall–Kier alpha value is -3.35. The fourth-order valence-corrected chi connectivity index (χ4v) is 4.97. The molecule has 11 nitrogen and oxygen atoms in total. The predicted molar refractivity (Wildman–Crippen MR) is 153 cm³/mol. The van der Waals surface area contributed by atoms with Crippen molar-refractivity contribution in [3.8, 4) is 5.75 Å². The van der Waals surface area contributed by atoms with Gasteiger partial charge in [-0.25, -0.2) is 13.2 Å². The summed E-state index contributed by atoms with van der Waals surface area (Å²) in [6.07, 6.45) is 3.67. The first-order chi connectivity index (χ1) is 18.9. The number of hydroxylamine groups is 1. The van der Waals surface area contributed by atoms with Gasteiger partial charge in [0.05, 0.1) is 18.0 Å². The van der Waals surface area contributed by atoms with E-state index in [1.54, 1.807) is 24.3 Å². The first-order valence-corrected chi connectivity index (χ1v) is 15.4. The Morgan fingerprint density at radius 1 is 1.15 bits per heavy atom. The quantitative estimate of drug-likeness (QED) is 0.189. The van der Waals surface area contributed by atoms with Crippen molar-refractivity contribution < 1.29 is 33.1 Å². The van der Waals surface area contributed by atoms with E-state index in [4.69, 9.17) is 4.84 Å². The normalized spacial score (nSPS) is 15.8. The highest BCUT2D eigenvalue weighted by atomic mass is 32.2. The van der Waals surface area contributed by atoms with Gasteiger partial charge in [0.1, 0.15) is 5.75 Å². The maximum atomic E-state index is 12.5. The van der Waals surface area contributed by atoms with Crippen molar-refractivity contribution in [2.24, 2.45) is 5.92 Å². The van der Waals surface area contributed by atoms with Crippen molar-refractivity contribution in [2.75, 3.05) is 35.5 Å². The molecule has 2 aromatic carbocycles. The molecule has 3 rings (SSSR count). The molecule has 1 saturated heterocycles. The number of carbonyl (C=O) groups is 2. The number of carbonyl (C=O) groups excluding carboxylic acids is 2. The van der Waals surface area contributed by atoms with Gasteiger partial charge in [0.2, 0.25) is 10.0 Å². The summed E-state index contributed by atoms with van der Waals surface area (Å²) in [7, 11) is -3.57. The molecule has 1 aliphatic rings. The Kier molecular flexibility index (Phi) is 11.2. The molecule has 1 amide bonds. The Balaban J connectivity index is 1.46. The summed E-state index contributed by atoms with van der Waals surface area (Å²) in [5.41, 5.74) is 4.03. The SMILES string of the molecule is CCC(C)CCC(=O)ONC(=O)c1cccc(N2CCC(NCC(O)c3ccc(O)c(NS(C)(=O)=O)c3)CC2)c1. The molecule has 40 heavy (non-hydrogen) atoms. The van der Waals surface area contributed by atoms with Crippen LogP contribution in [0.15, 0.2) is 42.5 Å². The van der Waals surface area contributed by atoms with Crippen molar-refractivity contribution in [3.05, 3.63) is 53.6 Å². The zero-order chi connectivity index (χ0) is 29.3. The summed E-state index contributed by atoms with van der Waals surface area (Å²) < 4.78 is 25.3. The number of aromatic hydroxyl groups is 1. The zero-order valence-corrected chi connectivity index (χ0v) is 24.0. The van der Waals surface area contributed by atoms with Crippen molar-refractivity contribution in [3.63, 3.8) is 0 Å². The lowest BCUT2D eigenvalue weighted by atomic mass is 10.0. The van der Waals surface area contributed by atoms with Gasteiger partial charge in [-0.15, -0.1) is 0 Å². The summed E-state index contributed by atoms with van der Waals surface area (Å²) >= 11 is 0. The van der Waals surface area contributed by atoms with Gasteiger partial charge in [-0.1, -0.05) is 32.4 Å². The fourth-order valence-electron chi connectivity index (χ4n) is 4.41. The lowest BCUT2D eigenvalue weighted by Crippen LogP contribution is -2.43. The molecule has 2 unspecified atom stereocenters. The second-order valence-corrected chi connectivity index (χ2v) is 12.1. The number of piperidine rings is 1. The van der Waals surface area contributed by atoms with Gasteiger partial charge < -0.3 is 25.3 Å². The number of phenolic OH excluding ortho intramolecular Hbond substituents is 1. The second-order valence-electron chi connectivity index (χ2n) is 10.3. The summed E-state index contributed by atoms with van der Waals surface area (Å²) in [5.74, 6) is -0.737. The molecule has 0 aliphatic carbocycles. The highest BCUT2D eigenvalue weighted by Crippen LogP contribution is 2.28. The third kappa shape index (κ3) is 9.68. The molecule has 1 aliphatic heterocycles. The standard InChI is InChI=1S/C28H40N4O7S/c1-4-19(2)8-11-27(35)39-30-28(36)21-6-5-7-23(16-21)32-14-12-22(13-15-32)29-18-26(34)20-9-10-25(33)24(17-20)31-40(3,37)38/h5-7,9-10,16-17,19,22,26,29,31,33-34H,4,8,11-15,18H2,1-3H3,(H,30,36). The third-order valence-corrected chi connectivity index (χ3v) is 7.66. The lowest BCUT2D eigenvalue weighted by Gasteiger charge is -2.34. The Labute approximate surface area is 235 Å². The number of hydrogen-bond acceptors (Lipinski definition) is 9. The molecule has 0 bridgehead atoms. The summed E-state index contributed by atoms with van der Waals surface area (Å²) in [5, 5.41) is 23.9. The van der Waals surface area contributed by atoms with Crippen molar-refractivity contribution in [1.82, 2.24) is 10.8 Å². The largest absolute Gasteiger partial charge is 0.506 e. The molecule has 5 N–H and O–H groups in total. The monoisotopic (exact) mass is 576 g/mol. The number of anilines is 2. The zero-order valence-electron chi connectivity index (χ0n) is 23.2. The van der Waals surface area contributed by atoms with E-state index in [9.17, 15) is 28.2 Å². The highest BCUT2D eigenvalue weighted by Gasteiger charge is 2.22. The molecule has 0 aromatic heterocycles. The van der Waals surface area contributed by atoms with Crippen LogP contribution in [0.2, 0.25) is 0 Å². The summed E-state index contributed by atoms with van der Waals surface area (Å²) in [6.45, 7) is 5.87. The molecule has 2 aromatic rings. The average Bonchev–Trinajstić information content (AvgIpc) is 2.94. The number of amides is 1. The van der Waals surface area contributed by atoms with E-state index in [1.807, 2.05) is 6.07 Å². The van der Waals surface area contributed by atoms with Gasteiger partial charge in [0.15, 0.2) is 0 Å². The molecule has 2 atom stereocenters. The number of phenols is 1. The van der Waals surface area contributed by atoms with Gasteiger partial charge in [-0.2, -0.15) is 5.48 Å². The summed E-state index contributed by atoms with van der Waals surface area (Å²) in [6, 6.07) is 11.6. The van der Waals surface area contributed by atoms with E-state index >= 15 is 0 Å². The second kappa shape index (κ2) is 14.3. The predicted octanol–water partition coefficient (Wildman–Crippen LogP) is 3.07. The molecular weight excluding hydrogens is 536 g/mol. The van der Waals surface area contributed by atoms with Crippen LogP contribution in [-0.2, 0) is 19.7 Å². The fraction of sp³-hybridized carbons (Fsp3) is 0.500. The maximum absolute atomic E-state index is 12.5. The van der Waals surface area contributed by atoms with Crippen LogP contribution >= 0.6 is 0 Å². The van der Waals surface area contributed by atoms with Gasteiger partial charge in [0.25, 0.3) is 5.91 Å². The smallest absolute Gasteiger partial charge is 0.332 e. The summed E-state index contributed by atoms with van der Waals surface area (Å²) in [4.78, 5) is 31.5. The first kappa shape index (κ1) is 31.2. The van der Waals surface area contributed by atoms with Gasteiger partial charge in [0, 0.05) is 43.3 Å². The topological polar surface area (TPSA) is 157 Å². The van der Waals surface area contributed by atoms with Crippen LogP contribution in [0.1, 0.15) is 68.0 Å². The molecule has 12 heteroatoms. The van der Waals surface area contributed by atoms with Crippen LogP contribution < -0.4 is 20.4 Å². The lowest BCUT2D eigenvalue weighted by molar-refractivity contribution is -0.149. The number of hydrogen-bond donors (Lipinski definition) is 5. The number of aliphatic hydroxyl groups is 1. The van der Waals surface area contributed by atoms with E-state index in [-0.39, 0.29) is 30.4 Å². The van der Waals surface area contributed by atoms with E-state index < -0.39 is 28.0 Å². The van der Waals surface area contributed by atoms with Crippen molar-refractivity contribution in [2.45, 2.75) is 58.1 Å². The number of rotatable bonds is 12. The molecule has 220 valence electrons. The van der Waals surface area contributed by atoms with Crippen LogP contribution in [0.5, 0.6) is 5.75 Å². The minimum atomic E-state index is -3.57. The Bertz CT molecular complexity index is 1260.